The van der Waals surface area contributed by atoms with Crippen molar-refractivity contribution in [2.75, 3.05) is 0 Å². The lowest BCUT2D eigenvalue weighted by Gasteiger charge is -2.39. The van der Waals surface area contributed by atoms with Gasteiger partial charge in [-0.15, -0.1) is 0 Å². The van der Waals surface area contributed by atoms with Gasteiger partial charge in [-0.3, -0.25) is 4.79 Å². The molecule has 0 radical (unpaired) electrons. The van der Waals surface area contributed by atoms with Gasteiger partial charge in [0.25, 0.3) is 0 Å². The minimum Gasteiger partial charge on any atom is -0.352 e. The van der Waals surface area contributed by atoms with Gasteiger partial charge in [-0.1, -0.05) is 47.5 Å². The Morgan fingerprint density at radius 2 is 1.80 bits per heavy atom. The fraction of sp³-hybridized carbons (Fsp3) is 0.941. The molecule has 1 fully saturated rings. The molecule has 0 spiro atoms. The predicted molar refractivity (Wildman–Crippen MR) is 85.4 cm³/mol. The van der Waals surface area contributed by atoms with Gasteiger partial charge >= 0.3 is 0 Å². The lowest BCUT2D eigenvalue weighted by Crippen LogP contribution is -2.49. The fourth-order valence-electron chi connectivity index (χ4n) is 3.12. The van der Waals surface area contributed by atoms with E-state index in [-0.39, 0.29) is 17.9 Å². The molecule has 0 aromatic rings. The van der Waals surface area contributed by atoms with Crippen LogP contribution in [0.4, 0.5) is 0 Å². The van der Waals surface area contributed by atoms with Crippen molar-refractivity contribution >= 4 is 5.91 Å². The molecule has 0 aliphatic heterocycles. The van der Waals surface area contributed by atoms with Crippen molar-refractivity contribution in [1.82, 2.24) is 5.32 Å². The minimum atomic E-state index is -0.357. The van der Waals surface area contributed by atoms with E-state index in [0.717, 1.165) is 25.2 Å². The van der Waals surface area contributed by atoms with Crippen LogP contribution in [-0.4, -0.2) is 18.0 Å². The Kier molecular flexibility index (Phi) is 6.50. The van der Waals surface area contributed by atoms with Gasteiger partial charge in [0.15, 0.2) is 0 Å². The highest BCUT2D eigenvalue weighted by molar-refractivity contribution is 5.82. The van der Waals surface area contributed by atoms with Crippen LogP contribution in [0.1, 0.15) is 73.1 Å². The number of amides is 1. The van der Waals surface area contributed by atoms with Crippen molar-refractivity contribution in [1.29, 1.82) is 0 Å². The van der Waals surface area contributed by atoms with E-state index in [9.17, 15) is 4.79 Å². The van der Waals surface area contributed by atoms with Crippen molar-refractivity contribution < 1.29 is 4.79 Å². The van der Waals surface area contributed by atoms with Crippen LogP contribution < -0.4 is 11.1 Å². The average molecular weight is 282 g/mol. The van der Waals surface area contributed by atoms with Crippen LogP contribution in [0.15, 0.2) is 0 Å². The van der Waals surface area contributed by atoms with Gasteiger partial charge in [0.05, 0.1) is 6.04 Å². The third-order valence-electron chi connectivity index (χ3n) is 5.65. The summed E-state index contributed by atoms with van der Waals surface area (Å²) in [5.74, 6) is 1.09. The third-order valence-corrected chi connectivity index (χ3v) is 5.65. The molecule has 1 rings (SSSR count). The van der Waals surface area contributed by atoms with Gasteiger partial charge in [-0.25, -0.2) is 0 Å². The molecular weight excluding hydrogens is 248 g/mol. The molecule has 2 atom stereocenters. The molecule has 1 amide bonds. The van der Waals surface area contributed by atoms with Crippen molar-refractivity contribution in [3.8, 4) is 0 Å². The number of rotatable bonds is 6. The summed E-state index contributed by atoms with van der Waals surface area (Å²) in [5, 5.41) is 3.16. The highest BCUT2D eigenvalue weighted by Gasteiger charge is 2.32. The van der Waals surface area contributed by atoms with Crippen LogP contribution in [0.5, 0.6) is 0 Å². The minimum absolute atomic E-state index is 0.0394. The molecule has 1 aliphatic rings. The van der Waals surface area contributed by atoms with Crippen LogP contribution in [0, 0.1) is 17.3 Å². The first-order valence-corrected chi connectivity index (χ1v) is 8.37. The number of nitrogens with two attached hydrogens (primary N) is 1. The second kappa shape index (κ2) is 7.44. The summed E-state index contributed by atoms with van der Waals surface area (Å²) in [7, 11) is 0. The van der Waals surface area contributed by atoms with Crippen LogP contribution >= 0.6 is 0 Å². The molecule has 3 nitrogen and oxygen atoms in total. The smallest absolute Gasteiger partial charge is 0.237 e. The predicted octanol–water partition coefficient (Wildman–Crippen LogP) is 3.47. The summed E-state index contributed by atoms with van der Waals surface area (Å²) in [6, 6.07) is -0.0219. The molecule has 20 heavy (non-hydrogen) atoms. The SMILES string of the molecule is CCC(C)[C@H](N)C(=O)NC1CCC(C(C)(C)CC)CC1. The van der Waals surface area contributed by atoms with E-state index in [1.54, 1.807) is 0 Å². The first-order chi connectivity index (χ1) is 9.31. The Labute approximate surface area is 125 Å². The Balaban J connectivity index is 2.41. The first kappa shape index (κ1) is 17.5. The monoisotopic (exact) mass is 282 g/mol. The summed E-state index contributed by atoms with van der Waals surface area (Å²) in [6.07, 6.45) is 6.84. The molecule has 0 bridgehead atoms. The van der Waals surface area contributed by atoms with E-state index < -0.39 is 0 Å². The highest BCUT2D eigenvalue weighted by Crippen LogP contribution is 2.40. The van der Waals surface area contributed by atoms with Crippen molar-refractivity contribution in [3.63, 3.8) is 0 Å². The van der Waals surface area contributed by atoms with Gasteiger partial charge in [-0.2, -0.15) is 0 Å². The summed E-state index contributed by atoms with van der Waals surface area (Å²) in [6.45, 7) is 11.1. The standard InChI is InChI=1S/C17H34N2O/c1-6-12(3)15(18)16(20)19-14-10-8-13(9-11-14)17(4,5)7-2/h12-15H,6-11,18H2,1-5H3,(H,19,20)/t12?,13?,14?,15-/m0/s1. The first-order valence-electron chi connectivity index (χ1n) is 8.37. The lowest BCUT2D eigenvalue weighted by atomic mass is 9.69. The zero-order chi connectivity index (χ0) is 15.3. The van der Waals surface area contributed by atoms with Gasteiger partial charge < -0.3 is 11.1 Å². The van der Waals surface area contributed by atoms with Crippen LogP contribution in [-0.2, 0) is 4.79 Å². The lowest BCUT2D eigenvalue weighted by molar-refractivity contribution is -0.124. The van der Waals surface area contributed by atoms with Crippen molar-refractivity contribution in [3.05, 3.63) is 0 Å². The van der Waals surface area contributed by atoms with E-state index in [2.05, 4.69) is 33.0 Å². The zero-order valence-corrected chi connectivity index (χ0v) is 14.0. The van der Waals surface area contributed by atoms with E-state index >= 15 is 0 Å². The number of carbonyl (C=O) groups is 1. The molecule has 1 saturated carbocycles. The normalized spacial score (nSPS) is 26.9. The Morgan fingerprint density at radius 3 is 2.25 bits per heavy atom. The molecule has 118 valence electrons. The zero-order valence-electron chi connectivity index (χ0n) is 14.0. The summed E-state index contributed by atoms with van der Waals surface area (Å²) < 4.78 is 0. The van der Waals surface area contributed by atoms with Crippen molar-refractivity contribution in [2.24, 2.45) is 23.0 Å². The molecule has 0 heterocycles. The quantitative estimate of drug-likeness (QED) is 0.783. The molecule has 0 aromatic carbocycles. The molecule has 0 saturated heterocycles. The highest BCUT2D eigenvalue weighted by atomic mass is 16.2. The summed E-state index contributed by atoms with van der Waals surface area (Å²) in [4.78, 5) is 12.1. The molecular formula is C17H34N2O. The topological polar surface area (TPSA) is 55.1 Å². The van der Waals surface area contributed by atoms with Crippen LogP contribution in [0.25, 0.3) is 0 Å². The number of hydrogen-bond acceptors (Lipinski definition) is 2. The van der Waals surface area contributed by atoms with Gasteiger partial charge in [0, 0.05) is 6.04 Å². The number of hydrogen-bond donors (Lipinski definition) is 2. The van der Waals surface area contributed by atoms with Crippen LogP contribution in [0.3, 0.4) is 0 Å². The summed E-state index contributed by atoms with van der Waals surface area (Å²) >= 11 is 0. The van der Waals surface area contributed by atoms with Gasteiger partial charge in [0.1, 0.15) is 0 Å². The maximum absolute atomic E-state index is 12.1. The number of nitrogens with one attached hydrogen (secondary N) is 1. The number of carbonyl (C=O) groups excluding carboxylic acids is 1. The van der Waals surface area contributed by atoms with Crippen LogP contribution in [0.2, 0.25) is 0 Å². The average Bonchev–Trinajstić information content (AvgIpc) is 2.46. The van der Waals surface area contributed by atoms with Gasteiger partial charge in [-0.05, 0) is 42.9 Å². The second-order valence-corrected chi connectivity index (χ2v) is 7.31. The molecule has 0 aromatic heterocycles. The molecule has 3 N–H and O–H groups in total. The molecule has 3 heteroatoms. The summed E-state index contributed by atoms with van der Waals surface area (Å²) in [5.41, 5.74) is 6.43. The Morgan fingerprint density at radius 1 is 1.25 bits per heavy atom. The van der Waals surface area contributed by atoms with E-state index in [4.69, 9.17) is 5.73 Å². The van der Waals surface area contributed by atoms with E-state index in [1.807, 2.05) is 6.92 Å². The fourth-order valence-corrected chi connectivity index (χ4v) is 3.12. The largest absolute Gasteiger partial charge is 0.352 e. The molecule has 1 unspecified atom stereocenters. The Bertz CT molecular complexity index is 306. The Hall–Kier alpha value is -0.570. The maximum atomic E-state index is 12.1. The second-order valence-electron chi connectivity index (χ2n) is 7.31. The van der Waals surface area contributed by atoms with E-state index in [0.29, 0.717) is 11.5 Å². The van der Waals surface area contributed by atoms with E-state index in [1.165, 1.54) is 19.3 Å². The molecule has 1 aliphatic carbocycles. The van der Waals surface area contributed by atoms with Crippen molar-refractivity contribution in [2.45, 2.75) is 85.2 Å². The maximum Gasteiger partial charge on any atom is 0.237 e. The van der Waals surface area contributed by atoms with Gasteiger partial charge in [0.2, 0.25) is 5.91 Å². The third kappa shape index (κ3) is 4.47.